The normalized spacial score (nSPS) is 13.8. The third-order valence-electron chi connectivity index (χ3n) is 3.54. The van der Waals surface area contributed by atoms with Gasteiger partial charge in [0.05, 0.1) is 16.5 Å². The lowest BCUT2D eigenvalue weighted by molar-refractivity contribution is -0.113. The smallest absolute Gasteiger partial charge is 0.234 e. The molecule has 1 heterocycles. The molecule has 0 atom stereocenters. The van der Waals surface area contributed by atoms with Gasteiger partial charge in [0.25, 0.3) is 0 Å². The Morgan fingerprint density at radius 2 is 2.29 bits per heavy atom. The van der Waals surface area contributed by atoms with E-state index in [2.05, 4.69) is 22.1 Å². The Morgan fingerprint density at radius 3 is 2.96 bits per heavy atom. The third-order valence-corrected chi connectivity index (χ3v) is 4.82. The molecule has 1 N–H and O–H groups in total. The SMILES string of the molecule is C=CCn1c(SCC(=O)Nc2ccc(F)cc2Cl)nnc1C1CC1. The Balaban J connectivity index is 1.62. The number of carbonyl (C=O) groups is 1. The minimum atomic E-state index is -0.447. The summed E-state index contributed by atoms with van der Waals surface area (Å²) in [5, 5.41) is 11.9. The highest BCUT2D eigenvalue weighted by atomic mass is 35.5. The average molecular weight is 367 g/mol. The zero-order chi connectivity index (χ0) is 17.1. The van der Waals surface area contributed by atoms with Gasteiger partial charge in [0.15, 0.2) is 5.16 Å². The van der Waals surface area contributed by atoms with Crippen LogP contribution in [0.3, 0.4) is 0 Å². The third kappa shape index (κ3) is 3.96. The van der Waals surface area contributed by atoms with Crippen LogP contribution < -0.4 is 5.32 Å². The number of aromatic nitrogens is 3. The average Bonchev–Trinajstić information content (AvgIpc) is 3.31. The number of hydrogen-bond donors (Lipinski definition) is 1. The van der Waals surface area contributed by atoms with Gasteiger partial charge in [0.2, 0.25) is 5.91 Å². The molecule has 1 aliphatic rings. The van der Waals surface area contributed by atoms with Gasteiger partial charge in [0.1, 0.15) is 11.6 Å². The molecule has 126 valence electrons. The fraction of sp³-hybridized carbons (Fsp3) is 0.312. The molecule has 0 saturated heterocycles. The maximum Gasteiger partial charge on any atom is 0.234 e. The van der Waals surface area contributed by atoms with Crippen LogP contribution in [0.1, 0.15) is 24.6 Å². The molecular formula is C16H16ClFN4OS. The molecule has 1 aromatic heterocycles. The van der Waals surface area contributed by atoms with Gasteiger partial charge in [-0.1, -0.05) is 29.4 Å². The predicted octanol–water partition coefficient (Wildman–Crippen LogP) is 3.86. The number of anilines is 1. The van der Waals surface area contributed by atoms with Crippen LogP contribution in [0.2, 0.25) is 5.02 Å². The standard InChI is InChI=1S/C16H16ClFN4OS/c1-2-7-22-15(10-3-4-10)20-21-16(22)24-9-14(23)19-13-6-5-11(18)8-12(13)17/h2,5-6,8,10H,1,3-4,7,9H2,(H,19,23). The number of benzene rings is 1. The fourth-order valence-corrected chi connectivity index (χ4v) is 3.23. The maximum atomic E-state index is 13.0. The van der Waals surface area contributed by atoms with Crippen LogP contribution in [0.4, 0.5) is 10.1 Å². The second kappa shape index (κ2) is 7.36. The summed E-state index contributed by atoms with van der Waals surface area (Å²) >= 11 is 7.21. The maximum absolute atomic E-state index is 13.0. The molecule has 2 aromatic rings. The molecule has 0 unspecified atom stereocenters. The lowest BCUT2D eigenvalue weighted by Crippen LogP contribution is -2.15. The summed E-state index contributed by atoms with van der Waals surface area (Å²) in [5.74, 6) is 0.901. The van der Waals surface area contributed by atoms with E-state index in [1.54, 1.807) is 6.08 Å². The molecule has 0 bridgehead atoms. The van der Waals surface area contributed by atoms with Crippen molar-refractivity contribution >= 4 is 35.0 Å². The summed E-state index contributed by atoms with van der Waals surface area (Å²) in [6.07, 6.45) is 4.05. The number of hydrogen-bond acceptors (Lipinski definition) is 4. The quantitative estimate of drug-likeness (QED) is 0.597. The molecule has 0 radical (unpaired) electrons. The number of amides is 1. The van der Waals surface area contributed by atoms with E-state index in [-0.39, 0.29) is 16.7 Å². The van der Waals surface area contributed by atoms with Gasteiger partial charge in [-0.15, -0.1) is 16.8 Å². The molecule has 3 rings (SSSR count). The minimum Gasteiger partial charge on any atom is -0.324 e. The molecular weight excluding hydrogens is 351 g/mol. The number of allylic oxidation sites excluding steroid dienone is 1. The number of halogens is 2. The monoisotopic (exact) mass is 366 g/mol. The molecule has 1 aliphatic carbocycles. The summed E-state index contributed by atoms with van der Waals surface area (Å²) in [5.41, 5.74) is 0.384. The minimum absolute atomic E-state index is 0.160. The van der Waals surface area contributed by atoms with Gasteiger partial charge >= 0.3 is 0 Å². The van der Waals surface area contributed by atoms with Crippen molar-refractivity contribution in [2.45, 2.75) is 30.5 Å². The Kier molecular flexibility index (Phi) is 5.20. The Bertz CT molecular complexity index is 775. The number of nitrogens with one attached hydrogen (secondary N) is 1. The van der Waals surface area contributed by atoms with Crippen molar-refractivity contribution in [2.75, 3.05) is 11.1 Å². The van der Waals surface area contributed by atoms with Gasteiger partial charge in [-0.05, 0) is 31.0 Å². The van der Waals surface area contributed by atoms with Crippen molar-refractivity contribution in [2.24, 2.45) is 0 Å². The van der Waals surface area contributed by atoms with Crippen LogP contribution in [0.25, 0.3) is 0 Å². The number of rotatable bonds is 7. The molecule has 0 aliphatic heterocycles. The van der Waals surface area contributed by atoms with Crippen LogP contribution in [0, 0.1) is 5.82 Å². The Hall–Kier alpha value is -1.86. The number of nitrogens with zero attached hydrogens (tertiary/aromatic N) is 3. The molecule has 1 aromatic carbocycles. The van der Waals surface area contributed by atoms with Gasteiger partial charge in [0, 0.05) is 12.5 Å². The van der Waals surface area contributed by atoms with Crippen molar-refractivity contribution in [3.8, 4) is 0 Å². The van der Waals surface area contributed by atoms with Gasteiger partial charge in [-0.2, -0.15) is 0 Å². The van der Waals surface area contributed by atoms with Crippen molar-refractivity contribution in [1.29, 1.82) is 0 Å². The molecule has 1 amide bonds. The van der Waals surface area contributed by atoms with Crippen molar-refractivity contribution < 1.29 is 9.18 Å². The highest BCUT2D eigenvalue weighted by molar-refractivity contribution is 7.99. The second-order valence-electron chi connectivity index (χ2n) is 5.48. The summed E-state index contributed by atoms with van der Waals surface area (Å²) in [6.45, 7) is 4.37. The number of carbonyl (C=O) groups excluding carboxylic acids is 1. The first-order valence-corrected chi connectivity index (χ1v) is 8.86. The Labute approximate surface area is 148 Å². The van der Waals surface area contributed by atoms with Crippen molar-refractivity contribution in [1.82, 2.24) is 14.8 Å². The fourth-order valence-electron chi connectivity index (χ4n) is 2.26. The first-order chi connectivity index (χ1) is 11.6. The molecule has 1 saturated carbocycles. The van der Waals surface area contributed by atoms with Crippen molar-refractivity contribution in [3.63, 3.8) is 0 Å². The first-order valence-electron chi connectivity index (χ1n) is 7.50. The van der Waals surface area contributed by atoms with Crippen LogP contribution in [-0.2, 0) is 11.3 Å². The highest BCUT2D eigenvalue weighted by Crippen LogP contribution is 2.40. The molecule has 1 fully saturated rings. The van der Waals surface area contributed by atoms with E-state index in [0.717, 1.165) is 24.7 Å². The van der Waals surface area contributed by atoms with Crippen LogP contribution in [0.5, 0.6) is 0 Å². The van der Waals surface area contributed by atoms with E-state index < -0.39 is 5.82 Å². The largest absolute Gasteiger partial charge is 0.324 e. The molecule has 0 spiro atoms. The summed E-state index contributed by atoms with van der Waals surface area (Å²) in [6, 6.07) is 3.84. The van der Waals surface area contributed by atoms with Gasteiger partial charge in [-0.25, -0.2) is 4.39 Å². The van der Waals surface area contributed by atoms with E-state index in [4.69, 9.17) is 11.6 Å². The lowest BCUT2D eigenvalue weighted by atomic mass is 10.3. The zero-order valence-electron chi connectivity index (χ0n) is 12.8. The highest BCUT2D eigenvalue weighted by Gasteiger charge is 2.30. The van der Waals surface area contributed by atoms with Crippen molar-refractivity contribution in [3.05, 3.63) is 47.5 Å². The van der Waals surface area contributed by atoms with Gasteiger partial charge < -0.3 is 9.88 Å². The summed E-state index contributed by atoms with van der Waals surface area (Å²) in [4.78, 5) is 12.1. The summed E-state index contributed by atoms with van der Waals surface area (Å²) in [7, 11) is 0. The first kappa shape index (κ1) is 17.0. The van der Waals surface area contributed by atoms with Crippen LogP contribution in [-0.4, -0.2) is 26.4 Å². The van der Waals surface area contributed by atoms with E-state index in [1.165, 1.54) is 23.9 Å². The lowest BCUT2D eigenvalue weighted by Gasteiger charge is -2.08. The topological polar surface area (TPSA) is 59.8 Å². The predicted molar refractivity (Wildman–Crippen MR) is 93.0 cm³/mol. The van der Waals surface area contributed by atoms with Gasteiger partial charge in [-0.3, -0.25) is 4.79 Å². The van der Waals surface area contributed by atoms with Crippen LogP contribution >= 0.6 is 23.4 Å². The molecule has 8 heteroatoms. The molecule has 5 nitrogen and oxygen atoms in total. The van der Waals surface area contributed by atoms with E-state index >= 15 is 0 Å². The van der Waals surface area contributed by atoms with E-state index in [1.807, 2.05) is 4.57 Å². The second-order valence-corrected chi connectivity index (χ2v) is 6.83. The summed E-state index contributed by atoms with van der Waals surface area (Å²) < 4.78 is 15.0. The van der Waals surface area contributed by atoms with E-state index in [9.17, 15) is 9.18 Å². The molecule has 24 heavy (non-hydrogen) atoms. The van der Waals surface area contributed by atoms with E-state index in [0.29, 0.717) is 23.3 Å². The Morgan fingerprint density at radius 1 is 1.50 bits per heavy atom. The van der Waals surface area contributed by atoms with Crippen LogP contribution in [0.15, 0.2) is 36.0 Å². The zero-order valence-corrected chi connectivity index (χ0v) is 14.4. The number of thioether (sulfide) groups is 1.